The molecule has 1 heterocycles. The van der Waals surface area contributed by atoms with Crippen molar-refractivity contribution in [3.05, 3.63) is 34.1 Å². The first-order chi connectivity index (χ1) is 7.09. The number of carbonyl (C=O) groups excluding carboxylic acids is 1. The van der Waals surface area contributed by atoms with Gasteiger partial charge in [-0.3, -0.25) is 0 Å². The molecule has 1 amide bonds. The number of carbonyl (C=O) groups is 1. The van der Waals surface area contributed by atoms with Gasteiger partial charge < -0.3 is 10.1 Å². The van der Waals surface area contributed by atoms with Crippen LogP contribution in [0.5, 0.6) is 0 Å². The van der Waals surface area contributed by atoms with E-state index in [-0.39, 0.29) is 6.61 Å². The molecule has 1 aromatic carbocycles. The Kier molecular flexibility index (Phi) is 2.52. The highest BCUT2D eigenvalue weighted by molar-refractivity contribution is 6.32. The zero-order valence-electron chi connectivity index (χ0n) is 8.01. The quantitative estimate of drug-likeness (QED) is 0.804. The van der Waals surface area contributed by atoms with Gasteiger partial charge in [-0.1, -0.05) is 17.7 Å². The third-order valence-electron chi connectivity index (χ3n) is 2.34. The fourth-order valence-electron chi connectivity index (χ4n) is 1.54. The van der Waals surface area contributed by atoms with E-state index in [1.807, 2.05) is 0 Å². The number of rotatable bonds is 1. The first-order valence-corrected chi connectivity index (χ1v) is 4.85. The number of amides is 1. The maximum absolute atomic E-state index is 13.5. The van der Waals surface area contributed by atoms with Crippen molar-refractivity contribution in [1.29, 1.82) is 0 Å². The lowest BCUT2D eigenvalue weighted by Crippen LogP contribution is -2.20. The molecule has 0 bridgehead atoms. The lowest BCUT2D eigenvalue weighted by Gasteiger charge is -2.12. The summed E-state index contributed by atoms with van der Waals surface area (Å²) in [7, 11) is 0. The summed E-state index contributed by atoms with van der Waals surface area (Å²) < 4.78 is 18.2. The van der Waals surface area contributed by atoms with Crippen molar-refractivity contribution in [3.8, 4) is 0 Å². The number of benzene rings is 1. The Labute approximate surface area is 91.2 Å². The van der Waals surface area contributed by atoms with Crippen LogP contribution in [0.15, 0.2) is 12.1 Å². The Balaban J connectivity index is 2.43. The normalized spacial score (nSPS) is 19.9. The van der Waals surface area contributed by atoms with Crippen LogP contribution in [-0.4, -0.2) is 12.7 Å². The van der Waals surface area contributed by atoms with Crippen LogP contribution in [0.1, 0.15) is 17.2 Å². The molecule has 1 fully saturated rings. The smallest absolute Gasteiger partial charge is 0.407 e. The highest BCUT2D eigenvalue weighted by Gasteiger charge is 2.28. The fourth-order valence-corrected chi connectivity index (χ4v) is 1.82. The summed E-state index contributed by atoms with van der Waals surface area (Å²) in [6.07, 6.45) is -0.544. The van der Waals surface area contributed by atoms with Crippen LogP contribution in [0.2, 0.25) is 5.02 Å². The van der Waals surface area contributed by atoms with E-state index in [0.717, 1.165) is 5.56 Å². The molecule has 0 aliphatic carbocycles. The second kappa shape index (κ2) is 3.70. The minimum Gasteiger partial charge on any atom is -0.447 e. The Morgan fingerprint density at radius 2 is 2.33 bits per heavy atom. The maximum Gasteiger partial charge on any atom is 0.407 e. The van der Waals surface area contributed by atoms with E-state index in [9.17, 15) is 9.18 Å². The van der Waals surface area contributed by atoms with Crippen molar-refractivity contribution in [2.75, 3.05) is 6.61 Å². The molecule has 1 N–H and O–H groups in total. The monoisotopic (exact) mass is 229 g/mol. The zero-order chi connectivity index (χ0) is 11.0. The molecule has 80 valence electrons. The molecular formula is C10H9ClFNO2. The number of nitrogens with one attached hydrogen (secondary N) is 1. The number of aryl methyl sites for hydroxylation is 1. The molecule has 3 nitrogen and oxygen atoms in total. The van der Waals surface area contributed by atoms with Crippen LogP contribution in [0.4, 0.5) is 9.18 Å². The molecule has 1 atom stereocenters. The van der Waals surface area contributed by atoms with Gasteiger partial charge in [0, 0.05) is 5.56 Å². The van der Waals surface area contributed by atoms with E-state index in [1.165, 1.54) is 6.07 Å². The molecule has 1 aliphatic rings. The van der Waals surface area contributed by atoms with E-state index in [4.69, 9.17) is 16.3 Å². The van der Waals surface area contributed by atoms with Gasteiger partial charge in [0.25, 0.3) is 0 Å². The highest BCUT2D eigenvalue weighted by Crippen LogP contribution is 2.30. The Hall–Kier alpha value is -1.29. The summed E-state index contributed by atoms with van der Waals surface area (Å²) in [6.45, 7) is 1.89. The van der Waals surface area contributed by atoms with Gasteiger partial charge in [-0.25, -0.2) is 9.18 Å². The molecule has 1 saturated heterocycles. The van der Waals surface area contributed by atoms with Gasteiger partial charge in [0.15, 0.2) is 0 Å². The van der Waals surface area contributed by atoms with Gasteiger partial charge in [-0.2, -0.15) is 0 Å². The second-order valence-corrected chi connectivity index (χ2v) is 3.77. The molecule has 15 heavy (non-hydrogen) atoms. The van der Waals surface area contributed by atoms with E-state index in [2.05, 4.69) is 5.32 Å². The average molecular weight is 230 g/mol. The topological polar surface area (TPSA) is 38.3 Å². The van der Waals surface area contributed by atoms with Crippen molar-refractivity contribution in [2.24, 2.45) is 0 Å². The van der Waals surface area contributed by atoms with E-state index in [1.54, 1.807) is 13.0 Å². The third kappa shape index (κ3) is 1.77. The number of cyclic esters (lactones) is 1. The van der Waals surface area contributed by atoms with Crippen molar-refractivity contribution in [3.63, 3.8) is 0 Å². The van der Waals surface area contributed by atoms with Crippen LogP contribution >= 0.6 is 11.6 Å². The lowest BCUT2D eigenvalue weighted by atomic mass is 10.0. The summed E-state index contributed by atoms with van der Waals surface area (Å²) in [4.78, 5) is 10.8. The maximum atomic E-state index is 13.5. The number of hydrogen-bond acceptors (Lipinski definition) is 2. The predicted octanol–water partition coefficient (Wildman–Crippen LogP) is 2.57. The van der Waals surface area contributed by atoms with Crippen LogP contribution in [-0.2, 0) is 4.74 Å². The van der Waals surface area contributed by atoms with Crippen molar-refractivity contribution >= 4 is 17.7 Å². The van der Waals surface area contributed by atoms with Gasteiger partial charge in [-0.15, -0.1) is 0 Å². The number of ether oxygens (including phenoxy) is 1. The van der Waals surface area contributed by atoms with Crippen LogP contribution in [0, 0.1) is 12.7 Å². The fraction of sp³-hybridized carbons (Fsp3) is 0.300. The van der Waals surface area contributed by atoms with Gasteiger partial charge in [-0.05, 0) is 18.6 Å². The molecule has 1 aromatic rings. The Bertz CT molecular complexity index is 422. The predicted molar refractivity (Wildman–Crippen MR) is 53.4 cm³/mol. The van der Waals surface area contributed by atoms with Crippen LogP contribution in [0.25, 0.3) is 0 Å². The van der Waals surface area contributed by atoms with Crippen molar-refractivity contribution in [2.45, 2.75) is 13.0 Å². The van der Waals surface area contributed by atoms with Gasteiger partial charge >= 0.3 is 6.09 Å². The first-order valence-electron chi connectivity index (χ1n) is 4.47. The van der Waals surface area contributed by atoms with E-state index < -0.39 is 18.0 Å². The third-order valence-corrected chi connectivity index (χ3v) is 2.84. The largest absolute Gasteiger partial charge is 0.447 e. The average Bonchev–Trinajstić information content (AvgIpc) is 2.59. The molecule has 1 aliphatic heterocycles. The highest BCUT2D eigenvalue weighted by atomic mass is 35.5. The van der Waals surface area contributed by atoms with Crippen molar-refractivity contribution in [1.82, 2.24) is 5.32 Å². The second-order valence-electron chi connectivity index (χ2n) is 3.39. The lowest BCUT2D eigenvalue weighted by molar-refractivity contribution is 0.177. The summed E-state index contributed by atoms with van der Waals surface area (Å²) in [5.41, 5.74) is 1.07. The van der Waals surface area contributed by atoms with Gasteiger partial charge in [0.05, 0.1) is 11.1 Å². The standard InChI is InChI=1S/C10H9ClFNO2/c1-5-2-3-6(12)8(9(5)11)7-4-15-10(14)13-7/h2-3,7H,4H2,1H3,(H,13,14)/t7-/m0/s1. The molecule has 0 aromatic heterocycles. The molecule has 0 radical (unpaired) electrons. The summed E-state index contributed by atoms with van der Waals surface area (Å²) in [5, 5.41) is 2.83. The van der Waals surface area contributed by atoms with Gasteiger partial charge in [0.2, 0.25) is 0 Å². The molecule has 0 unspecified atom stereocenters. The molecular weight excluding hydrogens is 221 g/mol. The molecule has 0 spiro atoms. The van der Waals surface area contributed by atoms with Crippen molar-refractivity contribution < 1.29 is 13.9 Å². The van der Waals surface area contributed by atoms with Gasteiger partial charge in [0.1, 0.15) is 12.4 Å². The molecule has 5 heteroatoms. The summed E-state index contributed by atoms with van der Waals surface area (Å²) in [5.74, 6) is -0.429. The molecule has 0 saturated carbocycles. The Morgan fingerprint density at radius 1 is 1.60 bits per heavy atom. The van der Waals surface area contributed by atoms with Crippen LogP contribution < -0.4 is 5.32 Å². The SMILES string of the molecule is Cc1ccc(F)c([C@@H]2COC(=O)N2)c1Cl. The molecule has 2 rings (SSSR count). The minimum atomic E-state index is -0.544. The van der Waals surface area contributed by atoms with E-state index in [0.29, 0.717) is 10.6 Å². The summed E-state index contributed by atoms with van der Waals surface area (Å²) >= 11 is 5.98. The van der Waals surface area contributed by atoms with Crippen LogP contribution in [0.3, 0.4) is 0 Å². The summed E-state index contributed by atoms with van der Waals surface area (Å²) in [6, 6.07) is 2.43. The van der Waals surface area contributed by atoms with E-state index >= 15 is 0 Å². The Morgan fingerprint density at radius 3 is 2.93 bits per heavy atom. The number of hydrogen-bond donors (Lipinski definition) is 1. The number of alkyl carbamates (subject to hydrolysis) is 1. The zero-order valence-corrected chi connectivity index (χ0v) is 8.77. The minimum absolute atomic E-state index is 0.110. The number of halogens is 2. The first kappa shape index (κ1) is 10.2.